The molecule has 21 heavy (non-hydrogen) atoms. The second kappa shape index (κ2) is 6.83. The first-order chi connectivity index (χ1) is 10.0. The van der Waals surface area contributed by atoms with E-state index in [0.717, 1.165) is 28.2 Å². The molecular weight excluding hydrogens is 286 g/mol. The summed E-state index contributed by atoms with van der Waals surface area (Å²) in [6.07, 6.45) is 0. The Bertz CT molecular complexity index is 626. The molecule has 0 fully saturated rings. The quantitative estimate of drug-likeness (QED) is 0.898. The molecule has 2 N–H and O–H groups in total. The topological polar surface area (TPSA) is 44.5 Å². The van der Waals surface area contributed by atoms with E-state index in [2.05, 4.69) is 0 Å². The van der Waals surface area contributed by atoms with Gasteiger partial charge in [0, 0.05) is 16.6 Å². The molecule has 0 aliphatic heterocycles. The Morgan fingerprint density at radius 2 is 1.90 bits per heavy atom. The molecule has 3 nitrogen and oxygen atoms in total. The summed E-state index contributed by atoms with van der Waals surface area (Å²) in [5.41, 5.74) is 8.99. The number of rotatable bonds is 5. The van der Waals surface area contributed by atoms with Gasteiger partial charge in [0.1, 0.15) is 18.1 Å². The van der Waals surface area contributed by atoms with Gasteiger partial charge < -0.3 is 15.2 Å². The molecule has 2 aromatic carbocycles. The largest absolute Gasteiger partial charge is 0.496 e. The number of benzene rings is 2. The van der Waals surface area contributed by atoms with E-state index in [9.17, 15) is 0 Å². The number of halogens is 1. The molecule has 112 valence electrons. The fourth-order valence-electron chi connectivity index (χ4n) is 2.08. The zero-order chi connectivity index (χ0) is 15.4. The smallest absolute Gasteiger partial charge is 0.125 e. The first kappa shape index (κ1) is 15.7. The maximum Gasteiger partial charge on any atom is 0.125 e. The molecule has 0 aromatic heterocycles. The van der Waals surface area contributed by atoms with Crippen molar-refractivity contribution in [1.29, 1.82) is 0 Å². The van der Waals surface area contributed by atoms with E-state index >= 15 is 0 Å². The summed E-state index contributed by atoms with van der Waals surface area (Å²) < 4.78 is 11.3. The van der Waals surface area contributed by atoms with Gasteiger partial charge in [0.25, 0.3) is 0 Å². The lowest BCUT2D eigenvalue weighted by Crippen LogP contribution is -2.07. The molecule has 0 radical (unpaired) electrons. The van der Waals surface area contributed by atoms with Gasteiger partial charge in [0.05, 0.1) is 7.11 Å². The van der Waals surface area contributed by atoms with Crippen molar-refractivity contribution < 1.29 is 9.47 Å². The number of aryl methyl sites for hydroxylation is 1. The predicted molar refractivity (Wildman–Crippen MR) is 86.1 cm³/mol. The van der Waals surface area contributed by atoms with Crippen molar-refractivity contribution in [2.75, 3.05) is 7.11 Å². The van der Waals surface area contributed by atoms with Crippen LogP contribution in [-0.2, 0) is 6.61 Å². The number of hydrogen-bond acceptors (Lipinski definition) is 3. The summed E-state index contributed by atoms with van der Waals surface area (Å²) in [5.74, 6) is 1.56. The molecule has 0 heterocycles. The molecule has 1 unspecified atom stereocenters. The second-order valence-corrected chi connectivity index (χ2v) is 5.49. The van der Waals surface area contributed by atoms with Crippen molar-refractivity contribution in [2.24, 2.45) is 5.73 Å². The lowest BCUT2D eigenvalue weighted by Gasteiger charge is -2.14. The Balaban J connectivity index is 2.22. The molecule has 0 aliphatic rings. The molecule has 1 atom stereocenters. The summed E-state index contributed by atoms with van der Waals surface area (Å²) in [4.78, 5) is 0. The van der Waals surface area contributed by atoms with E-state index in [1.165, 1.54) is 0 Å². The van der Waals surface area contributed by atoms with E-state index < -0.39 is 0 Å². The van der Waals surface area contributed by atoms with Gasteiger partial charge in [-0.25, -0.2) is 0 Å². The third kappa shape index (κ3) is 3.90. The Kier molecular flexibility index (Phi) is 5.10. The molecule has 0 aliphatic carbocycles. The highest BCUT2D eigenvalue weighted by atomic mass is 35.5. The van der Waals surface area contributed by atoms with Crippen molar-refractivity contribution in [2.45, 2.75) is 26.5 Å². The minimum atomic E-state index is -0.0254. The van der Waals surface area contributed by atoms with Gasteiger partial charge in [-0.15, -0.1) is 0 Å². The van der Waals surface area contributed by atoms with Crippen LogP contribution in [0.5, 0.6) is 11.5 Å². The standard InChI is InChI=1S/C17H20ClNO2/c1-11-4-6-15(18)9-17(11)21-10-14-8-13(12(2)19)5-7-16(14)20-3/h4-9,12H,10,19H2,1-3H3. The van der Waals surface area contributed by atoms with Crippen LogP contribution in [0.1, 0.15) is 29.7 Å². The van der Waals surface area contributed by atoms with Crippen molar-refractivity contribution in [3.8, 4) is 11.5 Å². The van der Waals surface area contributed by atoms with Crippen molar-refractivity contribution in [3.63, 3.8) is 0 Å². The fraction of sp³-hybridized carbons (Fsp3) is 0.294. The Morgan fingerprint density at radius 3 is 2.57 bits per heavy atom. The Hall–Kier alpha value is -1.71. The van der Waals surface area contributed by atoms with E-state index in [0.29, 0.717) is 11.6 Å². The van der Waals surface area contributed by atoms with Crippen LogP contribution in [0.15, 0.2) is 36.4 Å². The lowest BCUT2D eigenvalue weighted by molar-refractivity contribution is 0.294. The molecule has 0 bridgehead atoms. The van der Waals surface area contributed by atoms with Crippen LogP contribution in [0.4, 0.5) is 0 Å². The van der Waals surface area contributed by atoms with E-state index in [4.69, 9.17) is 26.8 Å². The lowest BCUT2D eigenvalue weighted by atomic mass is 10.1. The van der Waals surface area contributed by atoms with Crippen molar-refractivity contribution in [1.82, 2.24) is 0 Å². The first-order valence-electron chi connectivity index (χ1n) is 6.82. The molecule has 2 rings (SSSR count). The molecule has 2 aromatic rings. The van der Waals surface area contributed by atoms with E-state index in [1.54, 1.807) is 7.11 Å². The molecular formula is C17H20ClNO2. The minimum absolute atomic E-state index is 0.0254. The average Bonchev–Trinajstić information content (AvgIpc) is 2.47. The van der Waals surface area contributed by atoms with Crippen LogP contribution in [0.2, 0.25) is 5.02 Å². The van der Waals surface area contributed by atoms with E-state index in [1.807, 2.05) is 50.2 Å². The third-order valence-electron chi connectivity index (χ3n) is 3.36. The summed E-state index contributed by atoms with van der Waals surface area (Å²) in [5, 5.41) is 0.659. The van der Waals surface area contributed by atoms with Gasteiger partial charge in [-0.05, 0) is 49.2 Å². The van der Waals surface area contributed by atoms with Gasteiger partial charge in [0.2, 0.25) is 0 Å². The number of hydrogen-bond donors (Lipinski definition) is 1. The van der Waals surface area contributed by atoms with Gasteiger partial charge in [-0.3, -0.25) is 0 Å². The summed E-state index contributed by atoms with van der Waals surface area (Å²) >= 11 is 6.00. The van der Waals surface area contributed by atoms with Crippen LogP contribution in [0.3, 0.4) is 0 Å². The minimum Gasteiger partial charge on any atom is -0.496 e. The Morgan fingerprint density at radius 1 is 1.14 bits per heavy atom. The molecule has 0 spiro atoms. The van der Waals surface area contributed by atoms with Gasteiger partial charge >= 0.3 is 0 Å². The molecule has 0 saturated heterocycles. The van der Waals surface area contributed by atoms with Crippen LogP contribution in [-0.4, -0.2) is 7.11 Å². The summed E-state index contributed by atoms with van der Waals surface area (Å²) in [7, 11) is 1.65. The Labute approximate surface area is 130 Å². The SMILES string of the molecule is COc1ccc(C(C)N)cc1COc1cc(Cl)ccc1C. The highest BCUT2D eigenvalue weighted by Crippen LogP contribution is 2.27. The number of methoxy groups -OCH3 is 1. The zero-order valence-electron chi connectivity index (χ0n) is 12.5. The fourth-order valence-corrected chi connectivity index (χ4v) is 2.24. The highest BCUT2D eigenvalue weighted by molar-refractivity contribution is 6.30. The monoisotopic (exact) mass is 305 g/mol. The zero-order valence-corrected chi connectivity index (χ0v) is 13.3. The third-order valence-corrected chi connectivity index (χ3v) is 3.60. The van der Waals surface area contributed by atoms with Crippen LogP contribution < -0.4 is 15.2 Å². The first-order valence-corrected chi connectivity index (χ1v) is 7.20. The highest BCUT2D eigenvalue weighted by Gasteiger charge is 2.09. The maximum atomic E-state index is 6.00. The normalized spacial score (nSPS) is 12.0. The second-order valence-electron chi connectivity index (χ2n) is 5.06. The summed E-state index contributed by atoms with van der Waals surface area (Å²) in [6.45, 7) is 4.35. The van der Waals surface area contributed by atoms with Crippen LogP contribution in [0, 0.1) is 6.92 Å². The van der Waals surface area contributed by atoms with Crippen LogP contribution in [0.25, 0.3) is 0 Å². The van der Waals surface area contributed by atoms with Gasteiger partial charge in [-0.2, -0.15) is 0 Å². The van der Waals surface area contributed by atoms with E-state index in [-0.39, 0.29) is 6.04 Å². The van der Waals surface area contributed by atoms with Crippen LogP contribution >= 0.6 is 11.6 Å². The average molecular weight is 306 g/mol. The van der Waals surface area contributed by atoms with Crippen molar-refractivity contribution >= 4 is 11.6 Å². The number of nitrogens with two attached hydrogens (primary N) is 1. The number of ether oxygens (including phenoxy) is 2. The molecule has 0 amide bonds. The maximum absolute atomic E-state index is 6.00. The van der Waals surface area contributed by atoms with Gasteiger partial charge in [-0.1, -0.05) is 23.7 Å². The predicted octanol–water partition coefficient (Wildman–Crippen LogP) is 4.26. The van der Waals surface area contributed by atoms with Crippen molar-refractivity contribution in [3.05, 3.63) is 58.1 Å². The molecule has 0 saturated carbocycles. The molecule has 4 heteroatoms. The van der Waals surface area contributed by atoms with Gasteiger partial charge in [0.15, 0.2) is 0 Å². The summed E-state index contributed by atoms with van der Waals surface area (Å²) in [6, 6.07) is 11.5.